The van der Waals surface area contributed by atoms with Crippen molar-refractivity contribution < 1.29 is 23.8 Å². The molecule has 1 amide bonds. The monoisotopic (exact) mass is 383 g/mol. The van der Waals surface area contributed by atoms with E-state index in [4.69, 9.17) is 9.15 Å². The summed E-state index contributed by atoms with van der Waals surface area (Å²) < 4.78 is 10.7. The maximum atomic E-state index is 13.2. The summed E-state index contributed by atoms with van der Waals surface area (Å²) in [5, 5.41) is 13.1. The van der Waals surface area contributed by atoms with Crippen LogP contribution in [-0.4, -0.2) is 42.0 Å². The van der Waals surface area contributed by atoms with Crippen molar-refractivity contribution in [3.05, 3.63) is 69.8 Å². The number of thiophene rings is 1. The first kappa shape index (κ1) is 17.5. The minimum Gasteiger partial charge on any atom is -0.503 e. The van der Waals surface area contributed by atoms with Crippen LogP contribution in [0, 0.1) is 0 Å². The SMILES string of the molecule is COCCN1C(=O)C(O)=C(C(=O)c2cc3ccccc3o2)C1c1cccs1. The number of benzene rings is 1. The van der Waals surface area contributed by atoms with Gasteiger partial charge in [-0.15, -0.1) is 11.3 Å². The summed E-state index contributed by atoms with van der Waals surface area (Å²) in [6.45, 7) is 0.561. The minimum absolute atomic E-state index is 0.0395. The van der Waals surface area contributed by atoms with Gasteiger partial charge in [0.25, 0.3) is 5.91 Å². The molecule has 0 radical (unpaired) electrons. The molecule has 0 aliphatic carbocycles. The third-order valence-electron chi connectivity index (χ3n) is 4.55. The van der Waals surface area contributed by atoms with E-state index in [1.165, 1.54) is 23.3 Å². The van der Waals surface area contributed by atoms with Crippen LogP contribution in [0.1, 0.15) is 21.5 Å². The summed E-state index contributed by atoms with van der Waals surface area (Å²) in [6, 6.07) is 11.9. The molecule has 1 aliphatic heterocycles. The van der Waals surface area contributed by atoms with Gasteiger partial charge in [-0.05, 0) is 23.6 Å². The zero-order chi connectivity index (χ0) is 19.0. The van der Waals surface area contributed by atoms with Crippen LogP contribution in [0.15, 0.2) is 63.6 Å². The lowest BCUT2D eigenvalue weighted by Gasteiger charge is -2.25. The van der Waals surface area contributed by atoms with Crippen molar-refractivity contribution >= 4 is 34.0 Å². The number of rotatable bonds is 6. The Morgan fingerprint density at radius 2 is 2.11 bits per heavy atom. The largest absolute Gasteiger partial charge is 0.503 e. The Morgan fingerprint density at radius 1 is 1.30 bits per heavy atom. The van der Waals surface area contributed by atoms with Gasteiger partial charge in [0.2, 0.25) is 5.78 Å². The van der Waals surface area contributed by atoms with Gasteiger partial charge in [0.1, 0.15) is 5.58 Å². The minimum atomic E-state index is -0.659. The number of nitrogens with zero attached hydrogens (tertiary/aromatic N) is 1. The molecule has 3 aromatic rings. The first-order chi connectivity index (χ1) is 13.1. The Bertz CT molecular complexity index is 1000. The van der Waals surface area contributed by atoms with Gasteiger partial charge in [-0.25, -0.2) is 0 Å². The summed E-state index contributed by atoms with van der Waals surface area (Å²) in [5.41, 5.74) is 0.617. The molecule has 7 heteroatoms. The molecule has 0 saturated carbocycles. The maximum absolute atomic E-state index is 13.2. The molecule has 1 atom stereocenters. The number of fused-ring (bicyclic) bond motifs is 1. The molecule has 27 heavy (non-hydrogen) atoms. The number of carbonyl (C=O) groups is 2. The van der Waals surface area contributed by atoms with Crippen LogP contribution >= 0.6 is 11.3 Å². The van der Waals surface area contributed by atoms with Gasteiger partial charge in [-0.2, -0.15) is 0 Å². The second kappa shape index (κ2) is 7.02. The molecule has 2 aromatic heterocycles. The summed E-state index contributed by atoms with van der Waals surface area (Å²) in [6.07, 6.45) is 0. The molecule has 1 aliphatic rings. The van der Waals surface area contributed by atoms with Crippen molar-refractivity contribution in [3.8, 4) is 0 Å². The number of para-hydroxylation sites is 1. The van der Waals surface area contributed by atoms with Gasteiger partial charge in [-0.3, -0.25) is 9.59 Å². The van der Waals surface area contributed by atoms with Crippen LogP contribution in [0.5, 0.6) is 0 Å². The van der Waals surface area contributed by atoms with Gasteiger partial charge in [0.15, 0.2) is 11.5 Å². The fourth-order valence-electron chi connectivity index (χ4n) is 3.28. The van der Waals surface area contributed by atoms with Crippen molar-refractivity contribution in [1.82, 2.24) is 4.90 Å². The van der Waals surface area contributed by atoms with E-state index in [1.807, 2.05) is 35.7 Å². The normalized spacial score (nSPS) is 17.3. The van der Waals surface area contributed by atoms with Gasteiger partial charge < -0.3 is 19.2 Å². The fraction of sp³-hybridized carbons (Fsp3) is 0.200. The molecule has 0 bridgehead atoms. The average molecular weight is 383 g/mol. The summed E-state index contributed by atoms with van der Waals surface area (Å²) in [5.74, 6) is -1.50. The molecule has 1 unspecified atom stereocenters. The second-order valence-corrected chi connectivity index (χ2v) is 7.13. The topological polar surface area (TPSA) is 80.0 Å². The molecule has 1 aromatic carbocycles. The standard InChI is InChI=1S/C20H17NO5S/c1-25-9-8-21-17(15-7-4-10-27-15)16(19(23)20(21)24)18(22)14-11-12-5-2-3-6-13(12)26-14/h2-7,10-11,17,23H,8-9H2,1H3. The number of aliphatic hydroxyl groups excluding tert-OH is 1. The van der Waals surface area contributed by atoms with Crippen LogP contribution in [-0.2, 0) is 9.53 Å². The maximum Gasteiger partial charge on any atom is 0.290 e. The summed E-state index contributed by atoms with van der Waals surface area (Å²) >= 11 is 1.42. The summed E-state index contributed by atoms with van der Waals surface area (Å²) in [4.78, 5) is 28.1. The Morgan fingerprint density at radius 3 is 2.81 bits per heavy atom. The highest BCUT2D eigenvalue weighted by atomic mass is 32.1. The van der Waals surface area contributed by atoms with E-state index in [1.54, 1.807) is 12.1 Å². The lowest BCUT2D eigenvalue weighted by molar-refractivity contribution is -0.130. The highest BCUT2D eigenvalue weighted by Gasteiger charge is 2.44. The Balaban J connectivity index is 1.78. The molecular weight excluding hydrogens is 366 g/mol. The number of ether oxygens (including phenoxy) is 1. The number of hydrogen-bond acceptors (Lipinski definition) is 6. The number of ketones is 1. The summed E-state index contributed by atoms with van der Waals surface area (Å²) in [7, 11) is 1.54. The Hall–Kier alpha value is -2.90. The molecule has 4 rings (SSSR count). The third kappa shape index (κ3) is 2.94. The number of furan rings is 1. The van der Waals surface area contributed by atoms with Crippen molar-refractivity contribution in [2.75, 3.05) is 20.3 Å². The number of aliphatic hydroxyl groups is 1. The van der Waals surface area contributed by atoms with E-state index in [0.717, 1.165) is 10.3 Å². The molecule has 3 heterocycles. The van der Waals surface area contributed by atoms with E-state index in [9.17, 15) is 14.7 Å². The quantitative estimate of drug-likeness (QED) is 0.656. The van der Waals surface area contributed by atoms with Gasteiger partial charge in [0, 0.05) is 23.9 Å². The van der Waals surface area contributed by atoms with Crippen molar-refractivity contribution in [3.63, 3.8) is 0 Å². The Labute approximate surface area is 159 Å². The lowest BCUT2D eigenvalue weighted by atomic mass is 10.0. The van der Waals surface area contributed by atoms with Crippen molar-refractivity contribution in [2.45, 2.75) is 6.04 Å². The fourth-order valence-corrected chi connectivity index (χ4v) is 4.12. The van der Waals surface area contributed by atoms with Crippen LogP contribution in [0.4, 0.5) is 0 Å². The third-order valence-corrected chi connectivity index (χ3v) is 5.47. The highest BCUT2D eigenvalue weighted by molar-refractivity contribution is 7.10. The predicted octanol–water partition coefficient (Wildman–Crippen LogP) is 3.72. The van der Waals surface area contributed by atoms with Crippen LogP contribution < -0.4 is 0 Å². The zero-order valence-electron chi connectivity index (χ0n) is 14.5. The predicted molar refractivity (Wildman–Crippen MR) is 101 cm³/mol. The molecule has 0 saturated heterocycles. The second-order valence-electron chi connectivity index (χ2n) is 6.15. The molecule has 0 spiro atoms. The number of amides is 1. The van der Waals surface area contributed by atoms with Gasteiger partial charge in [-0.1, -0.05) is 24.3 Å². The molecular formula is C20H17NO5S. The van der Waals surface area contributed by atoms with Crippen molar-refractivity contribution in [1.29, 1.82) is 0 Å². The number of hydrogen-bond donors (Lipinski definition) is 1. The van der Waals surface area contributed by atoms with E-state index in [0.29, 0.717) is 12.2 Å². The van der Waals surface area contributed by atoms with Gasteiger partial charge >= 0.3 is 0 Å². The highest BCUT2D eigenvalue weighted by Crippen LogP contribution is 2.41. The molecule has 6 nitrogen and oxygen atoms in total. The van der Waals surface area contributed by atoms with Crippen LogP contribution in [0.25, 0.3) is 11.0 Å². The van der Waals surface area contributed by atoms with Crippen molar-refractivity contribution in [2.24, 2.45) is 0 Å². The number of methoxy groups -OCH3 is 1. The lowest BCUT2D eigenvalue weighted by Crippen LogP contribution is -2.33. The average Bonchev–Trinajstić information content (AvgIpc) is 3.39. The zero-order valence-corrected chi connectivity index (χ0v) is 15.4. The number of carbonyl (C=O) groups excluding carboxylic acids is 2. The Kier molecular flexibility index (Phi) is 4.55. The van der Waals surface area contributed by atoms with E-state index in [-0.39, 0.29) is 17.9 Å². The van der Waals surface area contributed by atoms with E-state index < -0.39 is 23.5 Å². The first-order valence-corrected chi connectivity index (χ1v) is 9.29. The van der Waals surface area contributed by atoms with E-state index in [2.05, 4.69) is 0 Å². The van der Waals surface area contributed by atoms with Gasteiger partial charge in [0.05, 0.1) is 18.2 Å². The molecule has 0 fully saturated rings. The molecule has 1 N–H and O–H groups in total. The molecule has 138 valence electrons. The number of Topliss-reactive ketones (excluding diaryl/α,β-unsaturated/α-hetero) is 1. The smallest absolute Gasteiger partial charge is 0.290 e. The van der Waals surface area contributed by atoms with Crippen LogP contribution in [0.3, 0.4) is 0 Å². The van der Waals surface area contributed by atoms with Crippen LogP contribution in [0.2, 0.25) is 0 Å². The van der Waals surface area contributed by atoms with E-state index >= 15 is 0 Å². The first-order valence-electron chi connectivity index (χ1n) is 8.41.